The largest absolute Gasteiger partial charge is 0.503 e. The fraction of sp³-hybridized carbons (Fsp3) is 0.462. The van der Waals surface area contributed by atoms with Crippen molar-refractivity contribution in [3.8, 4) is 11.5 Å². The van der Waals surface area contributed by atoms with E-state index in [-0.39, 0.29) is 5.75 Å². The van der Waals surface area contributed by atoms with Gasteiger partial charge in [0, 0.05) is 6.54 Å². The molecule has 0 bridgehead atoms. The Labute approximate surface area is 120 Å². The number of rotatable bonds is 6. The lowest BCUT2D eigenvalue weighted by molar-refractivity contribution is -0.142. The fourth-order valence-corrected chi connectivity index (χ4v) is 2.09. The highest BCUT2D eigenvalue weighted by Gasteiger charge is 2.18. The molecular weight excluding hydrogens is 314 g/mol. The molecule has 1 unspecified atom stereocenters. The zero-order valence-corrected chi connectivity index (χ0v) is 12.8. The Hall–Kier alpha value is -1.27. The van der Waals surface area contributed by atoms with Crippen LogP contribution in [0.25, 0.3) is 0 Å². The number of phenols is 1. The van der Waals surface area contributed by atoms with Crippen molar-refractivity contribution in [2.45, 2.75) is 26.4 Å². The average Bonchev–Trinajstić information content (AvgIpc) is 2.34. The summed E-state index contributed by atoms with van der Waals surface area (Å²) in [5.41, 5.74) is 0.865. The van der Waals surface area contributed by atoms with E-state index in [9.17, 15) is 9.90 Å². The summed E-state index contributed by atoms with van der Waals surface area (Å²) < 4.78 is 5.87. The number of phenolic OH excluding ortho intramolecular Hbond substituents is 1. The summed E-state index contributed by atoms with van der Waals surface area (Å²) in [6.07, 6.45) is 0. The lowest BCUT2D eigenvalue weighted by atomic mass is 10.1. The van der Waals surface area contributed by atoms with E-state index in [1.54, 1.807) is 31.0 Å². The van der Waals surface area contributed by atoms with Crippen LogP contribution in [0.15, 0.2) is 16.6 Å². The first-order chi connectivity index (χ1) is 8.86. The molecule has 0 saturated carbocycles. The Morgan fingerprint density at radius 3 is 2.68 bits per heavy atom. The van der Waals surface area contributed by atoms with E-state index in [1.807, 2.05) is 6.92 Å². The van der Waals surface area contributed by atoms with Gasteiger partial charge in [0.15, 0.2) is 11.5 Å². The average molecular weight is 332 g/mol. The van der Waals surface area contributed by atoms with Gasteiger partial charge in [-0.25, -0.2) is 0 Å². The zero-order chi connectivity index (χ0) is 14.6. The smallest absolute Gasteiger partial charge is 0.320 e. The van der Waals surface area contributed by atoms with Crippen LogP contribution in [0.5, 0.6) is 11.5 Å². The lowest BCUT2D eigenvalue weighted by Crippen LogP contribution is -2.35. The number of benzene rings is 1. The second kappa shape index (κ2) is 6.77. The van der Waals surface area contributed by atoms with Gasteiger partial charge >= 0.3 is 5.97 Å². The number of aromatic hydroxyl groups is 1. The topological polar surface area (TPSA) is 70.0 Å². The first-order valence-corrected chi connectivity index (χ1v) is 6.73. The van der Waals surface area contributed by atoms with Crippen LogP contribution in [0.4, 0.5) is 0 Å². The Bertz CT molecular complexity index is 464. The molecule has 2 N–H and O–H groups in total. The maximum absolute atomic E-state index is 10.9. The number of nitrogens with zero attached hydrogens (tertiary/aromatic N) is 1. The van der Waals surface area contributed by atoms with Crippen molar-refractivity contribution in [2.75, 3.05) is 13.7 Å². The maximum atomic E-state index is 10.9. The van der Waals surface area contributed by atoms with Gasteiger partial charge in [-0.1, -0.05) is 0 Å². The number of carboxylic acid groups (broad SMARTS) is 1. The van der Waals surface area contributed by atoms with Crippen molar-refractivity contribution in [1.29, 1.82) is 0 Å². The van der Waals surface area contributed by atoms with Crippen LogP contribution in [0, 0.1) is 0 Å². The summed E-state index contributed by atoms with van der Waals surface area (Å²) in [5.74, 6) is -0.423. The third kappa shape index (κ3) is 4.11. The first kappa shape index (κ1) is 15.8. The molecule has 1 atom stereocenters. The minimum absolute atomic E-state index is 0.0551. The summed E-state index contributed by atoms with van der Waals surface area (Å²) in [6.45, 7) is 4.36. The molecule has 0 fully saturated rings. The summed E-state index contributed by atoms with van der Waals surface area (Å²) in [4.78, 5) is 12.6. The van der Waals surface area contributed by atoms with E-state index >= 15 is 0 Å². The highest BCUT2D eigenvalue weighted by atomic mass is 79.9. The number of carbonyl (C=O) groups is 1. The van der Waals surface area contributed by atoms with Crippen LogP contribution in [-0.4, -0.2) is 40.8 Å². The zero-order valence-electron chi connectivity index (χ0n) is 11.2. The quantitative estimate of drug-likeness (QED) is 0.837. The predicted octanol–water partition coefficient (Wildman–Crippen LogP) is 2.46. The molecule has 1 rings (SSSR count). The summed E-state index contributed by atoms with van der Waals surface area (Å²) >= 11 is 3.26. The van der Waals surface area contributed by atoms with Gasteiger partial charge in [-0.05, 0) is 54.5 Å². The second-order valence-electron chi connectivity index (χ2n) is 4.29. The van der Waals surface area contributed by atoms with Crippen LogP contribution in [-0.2, 0) is 11.3 Å². The van der Waals surface area contributed by atoms with Crippen LogP contribution in [0.3, 0.4) is 0 Å². The number of halogens is 1. The number of likely N-dealkylation sites (N-methyl/N-ethyl adjacent to an activating group) is 1. The molecule has 0 aliphatic rings. The molecule has 19 heavy (non-hydrogen) atoms. The van der Waals surface area contributed by atoms with E-state index in [2.05, 4.69) is 15.9 Å². The SMILES string of the molecule is CCOc1cc(CN(C)C(C)C(=O)O)cc(Br)c1O. The number of ether oxygens (including phenoxy) is 1. The molecule has 106 valence electrons. The monoisotopic (exact) mass is 331 g/mol. The Balaban J connectivity index is 2.92. The van der Waals surface area contributed by atoms with Crippen molar-refractivity contribution in [2.24, 2.45) is 0 Å². The Kier molecular flexibility index (Phi) is 5.62. The van der Waals surface area contributed by atoms with E-state index in [0.29, 0.717) is 23.4 Å². The molecule has 0 aliphatic carbocycles. The number of carboxylic acids is 1. The molecule has 0 saturated heterocycles. The van der Waals surface area contributed by atoms with Gasteiger partial charge in [0.05, 0.1) is 11.1 Å². The molecule has 0 aliphatic heterocycles. The van der Waals surface area contributed by atoms with E-state index in [0.717, 1.165) is 5.56 Å². The highest BCUT2D eigenvalue weighted by Crippen LogP contribution is 2.35. The van der Waals surface area contributed by atoms with Gasteiger partial charge in [-0.15, -0.1) is 0 Å². The van der Waals surface area contributed by atoms with Gasteiger partial charge in [0.1, 0.15) is 6.04 Å². The molecule has 0 spiro atoms. The molecule has 1 aromatic carbocycles. The van der Waals surface area contributed by atoms with E-state index < -0.39 is 12.0 Å². The van der Waals surface area contributed by atoms with Gasteiger partial charge in [0.25, 0.3) is 0 Å². The van der Waals surface area contributed by atoms with Gasteiger partial charge in [-0.3, -0.25) is 9.69 Å². The van der Waals surface area contributed by atoms with E-state index in [4.69, 9.17) is 9.84 Å². The highest BCUT2D eigenvalue weighted by molar-refractivity contribution is 9.10. The molecule has 5 nitrogen and oxygen atoms in total. The summed E-state index contributed by atoms with van der Waals surface area (Å²) in [7, 11) is 1.74. The molecule has 6 heteroatoms. The summed E-state index contributed by atoms with van der Waals surface area (Å²) in [5, 5.41) is 18.8. The number of aliphatic carboxylic acids is 1. The normalized spacial score (nSPS) is 12.5. The predicted molar refractivity (Wildman–Crippen MR) is 75.5 cm³/mol. The van der Waals surface area contributed by atoms with Gasteiger partial charge in [-0.2, -0.15) is 0 Å². The minimum Gasteiger partial charge on any atom is -0.503 e. The summed E-state index contributed by atoms with van der Waals surface area (Å²) in [6, 6.07) is 2.89. The third-order valence-electron chi connectivity index (χ3n) is 2.84. The minimum atomic E-state index is -0.870. The third-order valence-corrected chi connectivity index (χ3v) is 3.44. The van der Waals surface area contributed by atoms with Crippen LogP contribution < -0.4 is 4.74 Å². The molecule has 0 radical (unpaired) electrons. The van der Waals surface area contributed by atoms with Gasteiger partial charge < -0.3 is 14.9 Å². The van der Waals surface area contributed by atoms with Crippen molar-refractivity contribution >= 4 is 21.9 Å². The number of hydrogen-bond acceptors (Lipinski definition) is 4. The molecule has 0 amide bonds. The van der Waals surface area contributed by atoms with Crippen molar-refractivity contribution < 1.29 is 19.7 Å². The molecule has 0 heterocycles. The van der Waals surface area contributed by atoms with Crippen molar-refractivity contribution in [1.82, 2.24) is 4.90 Å². The number of hydrogen-bond donors (Lipinski definition) is 2. The van der Waals surface area contributed by atoms with Crippen LogP contribution >= 0.6 is 15.9 Å². The molecule has 1 aromatic rings. The molecule has 0 aromatic heterocycles. The van der Waals surface area contributed by atoms with Crippen molar-refractivity contribution in [3.05, 3.63) is 22.2 Å². The lowest BCUT2D eigenvalue weighted by Gasteiger charge is -2.21. The second-order valence-corrected chi connectivity index (χ2v) is 5.14. The van der Waals surface area contributed by atoms with Crippen molar-refractivity contribution in [3.63, 3.8) is 0 Å². The fourth-order valence-electron chi connectivity index (χ4n) is 1.60. The van der Waals surface area contributed by atoms with Crippen LogP contribution in [0.1, 0.15) is 19.4 Å². The first-order valence-electron chi connectivity index (χ1n) is 5.94. The van der Waals surface area contributed by atoms with E-state index in [1.165, 1.54) is 0 Å². The molecular formula is C13H18BrNO4. The maximum Gasteiger partial charge on any atom is 0.320 e. The standard InChI is InChI=1S/C13H18BrNO4/c1-4-19-11-6-9(5-10(14)12(11)16)7-15(3)8(2)13(17)18/h5-6,8,16H,4,7H2,1-3H3,(H,17,18). The Morgan fingerprint density at radius 1 is 1.53 bits per heavy atom. The van der Waals surface area contributed by atoms with Crippen LogP contribution in [0.2, 0.25) is 0 Å². The van der Waals surface area contributed by atoms with Gasteiger partial charge in [0.2, 0.25) is 0 Å². The Morgan fingerprint density at radius 2 is 2.16 bits per heavy atom.